The molecule has 0 aliphatic heterocycles. The summed E-state index contributed by atoms with van der Waals surface area (Å²) in [6, 6.07) is 4.57. The number of amides is 1. The van der Waals surface area contributed by atoms with Gasteiger partial charge in [-0.2, -0.15) is 0 Å². The average Bonchev–Trinajstić information content (AvgIpc) is 2.48. The van der Waals surface area contributed by atoms with E-state index in [2.05, 4.69) is 10.6 Å². The van der Waals surface area contributed by atoms with E-state index in [0.29, 0.717) is 37.2 Å². The molecule has 1 amide bonds. The number of unbranched alkanes of at least 4 members (excludes halogenated alkanes) is 1. The highest BCUT2D eigenvalue weighted by Crippen LogP contribution is 2.28. The fourth-order valence-corrected chi connectivity index (χ4v) is 2.04. The predicted octanol–water partition coefficient (Wildman–Crippen LogP) is 2.80. The van der Waals surface area contributed by atoms with Crippen LogP contribution in [0.4, 0.5) is 16.2 Å². The van der Waals surface area contributed by atoms with Crippen molar-refractivity contribution < 1.29 is 19.6 Å². The Hall–Kier alpha value is -2.35. The number of nitrogens with one attached hydrogen (secondary N) is 2. The lowest BCUT2D eigenvalue weighted by molar-refractivity contribution is -0.384. The maximum Gasteiger partial charge on any atom is 0.407 e. The molecule has 134 valence electrons. The van der Waals surface area contributed by atoms with Gasteiger partial charge in [0.1, 0.15) is 11.3 Å². The number of aliphatic hydroxyl groups is 1. The van der Waals surface area contributed by atoms with Crippen LogP contribution in [0.1, 0.15) is 39.2 Å². The smallest absolute Gasteiger partial charge is 0.407 e. The van der Waals surface area contributed by atoms with E-state index in [-0.39, 0.29) is 12.3 Å². The van der Waals surface area contributed by atoms with Crippen LogP contribution in [0.25, 0.3) is 0 Å². The largest absolute Gasteiger partial charge is 0.444 e. The van der Waals surface area contributed by atoms with Gasteiger partial charge in [0.2, 0.25) is 0 Å². The predicted molar refractivity (Wildman–Crippen MR) is 91.0 cm³/mol. The van der Waals surface area contributed by atoms with Gasteiger partial charge in [0.15, 0.2) is 0 Å². The van der Waals surface area contributed by atoms with E-state index in [1.165, 1.54) is 6.07 Å². The summed E-state index contributed by atoms with van der Waals surface area (Å²) in [7, 11) is 0. The number of para-hydroxylation sites is 1. The Labute approximate surface area is 141 Å². The molecule has 0 aliphatic carbocycles. The van der Waals surface area contributed by atoms with Crippen molar-refractivity contribution in [2.24, 2.45) is 0 Å². The van der Waals surface area contributed by atoms with Crippen molar-refractivity contribution in [2.45, 2.75) is 45.8 Å². The minimum absolute atomic E-state index is 0.0616. The van der Waals surface area contributed by atoms with Crippen LogP contribution in [-0.2, 0) is 11.3 Å². The second-order valence-corrected chi connectivity index (χ2v) is 6.29. The monoisotopic (exact) mass is 339 g/mol. The third-order valence-electron chi connectivity index (χ3n) is 3.07. The molecule has 24 heavy (non-hydrogen) atoms. The van der Waals surface area contributed by atoms with E-state index in [4.69, 9.17) is 4.74 Å². The van der Waals surface area contributed by atoms with Crippen LogP contribution in [0.3, 0.4) is 0 Å². The summed E-state index contributed by atoms with van der Waals surface area (Å²) in [5.41, 5.74) is 0.230. The number of alkyl carbamates (subject to hydrolysis) is 1. The molecule has 0 atom stereocenters. The highest BCUT2D eigenvalue weighted by molar-refractivity contribution is 5.67. The van der Waals surface area contributed by atoms with Gasteiger partial charge in [-0.1, -0.05) is 12.1 Å². The zero-order chi connectivity index (χ0) is 18.2. The minimum atomic E-state index is -0.529. The summed E-state index contributed by atoms with van der Waals surface area (Å²) >= 11 is 0. The number of carbonyl (C=O) groups is 1. The Morgan fingerprint density at radius 1 is 1.29 bits per heavy atom. The van der Waals surface area contributed by atoms with Crippen LogP contribution < -0.4 is 10.6 Å². The number of nitro groups is 1. The molecule has 1 aromatic rings. The number of benzene rings is 1. The van der Waals surface area contributed by atoms with Gasteiger partial charge < -0.3 is 20.5 Å². The van der Waals surface area contributed by atoms with E-state index in [1.807, 2.05) is 0 Å². The summed E-state index contributed by atoms with van der Waals surface area (Å²) in [6.45, 7) is 6.06. The Balaban J connectivity index is 2.38. The molecule has 1 aromatic carbocycles. The highest BCUT2D eigenvalue weighted by Gasteiger charge is 2.17. The van der Waals surface area contributed by atoms with Crippen molar-refractivity contribution in [3.8, 4) is 0 Å². The Morgan fingerprint density at radius 2 is 1.96 bits per heavy atom. The SMILES string of the molecule is CC(C)(C)OC(=O)NCCCCNc1c(CO)cccc1[N+](=O)[O-]. The van der Waals surface area contributed by atoms with Crippen LogP contribution >= 0.6 is 0 Å². The molecule has 0 saturated heterocycles. The van der Waals surface area contributed by atoms with Crippen molar-refractivity contribution in [3.05, 3.63) is 33.9 Å². The van der Waals surface area contributed by atoms with Crippen molar-refractivity contribution in [1.82, 2.24) is 5.32 Å². The third kappa shape index (κ3) is 6.82. The molecular formula is C16H25N3O5. The summed E-state index contributed by atoms with van der Waals surface area (Å²) in [6.07, 6.45) is 0.936. The molecule has 0 radical (unpaired) electrons. The molecule has 1 rings (SSSR count). The fraction of sp³-hybridized carbons (Fsp3) is 0.562. The summed E-state index contributed by atoms with van der Waals surface area (Å²) in [5.74, 6) is 0. The van der Waals surface area contributed by atoms with Gasteiger partial charge >= 0.3 is 6.09 Å². The van der Waals surface area contributed by atoms with Gasteiger partial charge in [0.05, 0.1) is 11.5 Å². The standard InChI is InChI=1S/C16H25N3O5/c1-16(2,3)24-15(21)18-10-5-4-9-17-14-12(11-20)7-6-8-13(14)19(22)23/h6-8,17,20H,4-5,9-11H2,1-3H3,(H,18,21). The van der Waals surface area contributed by atoms with Gasteiger partial charge in [-0.25, -0.2) is 4.79 Å². The van der Waals surface area contributed by atoms with Gasteiger partial charge in [-0.3, -0.25) is 10.1 Å². The number of aliphatic hydroxyl groups excluding tert-OH is 1. The first-order valence-electron chi connectivity index (χ1n) is 7.82. The molecule has 8 heteroatoms. The van der Waals surface area contributed by atoms with E-state index in [0.717, 1.165) is 0 Å². The lowest BCUT2D eigenvalue weighted by Crippen LogP contribution is -2.33. The first-order chi connectivity index (χ1) is 11.2. The second kappa shape index (κ2) is 9.07. The first kappa shape index (κ1) is 19.7. The van der Waals surface area contributed by atoms with Gasteiger partial charge in [-0.05, 0) is 33.6 Å². The van der Waals surface area contributed by atoms with Gasteiger partial charge in [0.25, 0.3) is 5.69 Å². The number of carbonyl (C=O) groups excluding carboxylic acids is 1. The fourth-order valence-electron chi connectivity index (χ4n) is 2.04. The van der Waals surface area contributed by atoms with Crippen LogP contribution in [0, 0.1) is 10.1 Å². The number of ether oxygens (including phenoxy) is 1. The van der Waals surface area contributed by atoms with Gasteiger partial charge in [0, 0.05) is 24.7 Å². The van der Waals surface area contributed by atoms with Crippen LogP contribution in [0.5, 0.6) is 0 Å². The summed E-state index contributed by atoms with van der Waals surface area (Å²) in [5, 5.41) is 26.0. The summed E-state index contributed by atoms with van der Waals surface area (Å²) < 4.78 is 5.12. The maximum atomic E-state index is 11.5. The zero-order valence-electron chi connectivity index (χ0n) is 14.3. The van der Waals surface area contributed by atoms with Crippen molar-refractivity contribution >= 4 is 17.5 Å². The Bertz CT molecular complexity index is 569. The topological polar surface area (TPSA) is 114 Å². The van der Waals surface area contributed by atoms with E-state index >= 15 is 0 Å². The molecule has 3 N–H and O–H groups in total. The van der Waals surface area contributed by atoms with Crippen LogP contribution in [-0.4, -0.2) is 34.8 Å². The molecule has 0 fully saturated rings. The lowest BCUT2D eigenvalue weighted by atomic mass is 10.1. The molecule has 8 nitrogen and oxygen atoms in total. The maximum absolute atomic E-state index is 11.5. The molecule has 0 aliphatic rings. The van der Waals surface area contributed by atoms with E-state index in [1.54, 1.807) is 32.9 Å². The number of nitro benzene ring substituents is 1. The van der Waals surface area contributed by atoms with Gasteiger partial charge in [-0.15, -0.1) is 0 Å². The Morgan fingerprint density at radius 3 is 2.54 bits per heavy atom. The number of hydrogen-bond acceptors (Lipinski definition) is 6. The molecule has 0 spiro atoms. The van der Waals surface area contributed by atoms with Crippen LogP contribution in [0.2, 0.25) is 0 Å². The van der Waals surface area contributed by atoms with Crippen molar-refractivity contribution in [3.63, 3.8) is 0 Å². The zero-order valence-corrected chi connectivity index (χ0v) is 14.3. The highest BCUT2D eigenvalue weighted by atomic mass is 16.6. The molecule has 0 saturated carbocycles. The minimum Gasteiger partial charge on any atom is -0.444 e. The van der Waals surface area contributed by atoms with Crippen molar-refractivity contribution in [1.29, 1.82) is 0 Å². The Kier molecular flexibility index (Phi) is 7.44. The van der Waals surface area contributed by atoms with Crippen LogP contribution in [0.15, 0.2) is 18.2 Å². The third-order valence-corrected chi connectivity index (χ3v) is 3.07. The molecule has 0 aromatic heterocycles. The number of hydrogen-bond donors (Lipinski definition) is 3. The molecular weight excluding hydrogens is 314 g/mol. The van der Waals surface area contributed by atoms with E-state index in [9.17, 15) is 20.0 Å². The molecule has 0 heterocycles. The lowest BCUT2D eigenvalue weighted by Gasteiger charge is -2.19. The molecule has 0 bridgehead atoms. The van der Waals surface area contributed by atoms with E-state index < -0.39 is 16.6 Å². The number of rotatable bonds is 8. The quantitative estimate of drug-likeness (QED) is 0.381. The summed E-state index contributed by atoms with van der Waals surface area (Å²) in [4.78, 5) is 22.0. The normalized spacial score (nSPS) is 11.0. The second-order valence-electron chi connectivity index (χ2n) is 6.29. The number of anilines is 1. The first-order valence-corrected chi connectivity index (χ1v) is 7.82. The average molecular weight is 339 g/mol. The van der Waals surface area contributed by atoms with Crippen molar-refractivity contribution in [2.75, 3.05) is 18.4 Å². The molecule has 0 unspecified atom stereocenters. The number of nitrogens with zero attached hydrogens (tertiary/aromatic N) is 1.